The molecule has 2 aromatic heterocycles. The number of anilines is 1. The third-order valence-electron chi connectivity index (χ3n) is 4.25. The minimum Gasteiger partial charge on any atom is -0.361 e. The highest BCUT2D eigenvalue weighted by molar-refractivity contribution is 5.91. The molecule has 0 bridgehead atoms. The van der Waals surface area contributed by atoms with Crippen LogP contribution in [-0.4, -0.2) is 20.4 Å². The Bertz CT molecular complexity index is 984. The van der Waals surface area contributed by atoms with Crippen molar-refractivity contribution in [3.05, 3.63) is 79.0 Å². The molecule has 0 radical (unpaired) electrons. The summed E-state index contributed by atoms with van der Waals surface area (Å²) in [6.07, 6.45) is 8.51. The number of aromatic nitrogens is 3. The van der Waals surface area contributed by atoms with E-state index in [4.69, 9.17) is 0 Å². The van der Waals surface area contributed by atoms with Gasteiger partial charge in [0.25, 0.3) is 0 Å². The molecule has 4 rings (SSSR count). The van der Waals surface area contributed by atoms with Crippen molar-refractivity contribution in [2.45, 2.75) is 12.8 Å². The van der Waals surface area contributed by atoms with Gasteiger partial charge in [-0.15, -0.1) is 0 Å². The van der Waals surface area contributed by atoms with Crippen LogP contribution in [-0.2, 0) is 11.2 Å². The zero-order chi connectivity index (χ0) is 17.1. The van der Waals surface area contributed by atoms with Crippen molar-refractivity contribution < 1.29 is 4.79 Å². The van der Waals surface area contributed by atoms with E-state index in [1.165, 1.54) is 10.9 Å². The number of benzene rings is 2. The number of para-hydroxylation sites is 1. The summed E-state index contributed by atoms with van der Waals surface area (Å²) in [5.41, 5.74) is 4.08. The molecule has 0 atom stereocenters. The third-order valence-corrected chi connectivity index (χ3v) is 4.25. The van der Waals surface area contributed by atoms with Crippen LogP contribution < -0.4 is 5.32 Å². The van der Waals surface area contributed by atoms with Crippen LogP contribution in [0.1, 0.15) is 12.0 Å². The van der Waals surface area contributed by atoms with Gasteiger partial charge >= 0.3 is 0 Å². The van der Waals surface area contributed by atoms with E-state index >= 15 is 0 Å². The van der Waals surface area contributed by atoms with Crippen LogP contribution in [0.3, 0.4) is 0 Å². The second-order valence-corrected chi connectivity index (χ2v) is 5.92. The first kappa shape index (κ1) is 15.2. The number of carbonyl (C=O) groups excluding carboxylic acids is 1. The fourth-order valence-electron chi connectivity index (χ4n) is 2.94. The number of H-pyrrole nitrogens is 1. The van der Waals surface area contributed by atoms with Gasteiger partial charge < -0.3 is 14.9 Å². The van der Waals surface area contributed by atoms with Crippen LogP contribution in [0.5, 0.6) is 0 Å². The van der Waals surface area contributed by atoms with Crippen molar-refractivity contribution in [3.63, 3.8) is 0 Å². The van der Waals surface area contributed by atoms with E-state index in [1.807, 2.05) is 59.4 Å². The van der Waals surface area contributed by atoms with Crippen molar-refractivity contribution in [3.8, 4) is 5.69 Å². The van der Waals surface area contributed by atoms with E-state index < -0.39 is 0 Å². The summed E-state index contributed by atoms with van der Waals surface area (Å²) in [6, 6.07) is 15.9. The summed E-state index contributed by atoms with van der Waals surface area (Å²) in [7, 11) is 0. The molecule has 0 aliphatic heterocycles. The SMILES string of the molecule is O=C(CCc1c[nH]c2ccccc12)Nc1ccc(-n2ccnc2)cc1. The summed E-state index contributed by atoms with van der Waals surface area (Å²) in [5.74, 6) is 0.0145. The van der Waals surface area contributed by atoms with E-state index in [2.05, 4.69) is 21.4 Å². The lowest BCUT2D eigenvalue weighted by Crippen LogP contribution is -2.12. The minimum atomic E-state index is 0.0145. The van der Waals surface area contributed by atoms with Gasteiger partial charge in [-0.2, -0.15) is 0 Å². The van der Waals surface area contributed by atoms with Crippen molar-refractivity contribution in [1.29, 1.82) is 0 Å². The molecule has 0 fully saturated rings. The molecule has 0 aliphatic rings. The average molecular weight is 330 g/mol. The van der Waals surface area contributed by atoms with Crippen molar-refractivity contribution in [2.24, 2.45) is 0 Å². The minimum absolute atomic E-state index is 0.0145. The highest BCUT2D eigenvalue weighted by Crippen LogP contribution is 2.19. The number of nitrogens with zero attached hydrogens (tertiary/aromatic N) is 2. The maximum absolute atomic E-state index is 12.2. The number of hydrogen-bond acceptors (Lipinski definition) is 2. The second kappa shape index (κ2) is 6.65. The maximum atomic E-state index is 12.2. The lowest BCUT2D eigenvalue weighted by atomic mass is 10.1. The topological polar surface area (TPSA) is 62.7 Å². The first-order valence-electron chi connectivity index (χ1n) is 8.23. The molecule has 2 N–H and O–H groups in total. The number of carbonyl (C=O) groups is 1. The number of fused-ring (bicyclic) bond motifs is 1. The Balaban J connectivity index is 1.37. The maximum Gasteiger partial charge on any atom is 0.224 e. The Hall–Kier alpha value is -3.34. The lowest BCUT2D eigenvalue weighted by molar-refractivity contribution is -0.116. The van der Waals surface area contributed by atoms with Crippen LogP contribution >= 0.6 is 0 Å². The molecule has 5 nitrogen and oxygen atoms in total. The number of aryl methyl sites for hydroxylation is 1. The highest BCUT2D eigenvalue weighted by Gasteiger charge is 2.07. The number of rotatable bonds is 5. The van der Waals surface area contributed by atoms with Crippen molar-refractivity contribution in [1.82, 2.24) is 14.5 Å². The van der Waals surface area contributed by atoms with Gasteiger partial charge in [-0.25, -0.2) is 4.98 Å². The van der Waals surface area contributed by atoms with Gasteiger partial charge in [-0.1, -0.05) is 18.2 Å². The summed E-state index contributed by atoms with van der Waals surface area (Å²) >= 11 is 0. The highest BCUT2D eigenvalue weighted by atomic mass is 16.1. The molecule has 2 heterocycles. The summed E-state index contributed by atoms with van der Waals surface area (Å²) in [4.78, 5) is 19.5. The molecule has 2 aromatic carbocycles. The van der Waals surface area contributed by atoms with Crippen LogP contribution in [0, 0.1) is 0 Å². The zero-order valence-electron chi connectivity index (χ0n) is 13.6. The monoisotopic (exact) mass is 330 g/mol. The third kappa shape index (κ3) is 3.30. The van der Waals surface area contributed by atoms with Crippen LogP contribution in [0.2, 0.25) is 0 Å². The zero-order valence-corrected chi connectivity index (χ0v) is 13.6. The summed E-state index contributed by atoms with van der Waals surface area (Å²) in [5, 5.41) is 4.13. The largest absolute Gasteiger partial charge is 0.361 e. The van der Waals surface area contributed by atoms with Crippen LogP contribution in [0.4, 0.5) is 5.69 Å². The van der Waals surface area contributed by atoms with E-state index in [0.29, 0.717) is 12.8 Å². The van der Waals surface area contributed by atoms with Gasteiger partial charge in [0.2, 0.25) is 5.91 Å². The predicted molar refractivity (Wildman–Crippen MR) is 98.8 cm³/mol. The molecule has 1 amide bonds. The van der Waals surface area contributed by atoms with Gasteiger partial charge in [-0.3, -0.25) is 4.79 Å². The first-order valence-corrected chi connectivity index (χ1v) is 8.23. The van der Waals surface area contributed by atoms with Gasteiger partial charge in [0.15, 0.2) is 0 Å². The second-order valence-electron chi connectivity index (χ2n) is 5.92. The van der Waals surface area contributed by atoms with E-state index in [0.717, 1.165) is 16.9 Å². The Kier molecular flexibility index (Phi) is 4.04. The van der Waals surface area contributed by atoms with Crippen molar-refractivity contribution >= 4 is 22.5 Å². The first-order chi connectivity index (χ1) is 12.3. The van der Waals surface area contributed by atoms with Gasteiger partial charge in [0.1, 0.15) is 0 Å². The van der Waals surface area contributed by atoms with Crippen LogP contribution in [0.25, 0.3) is 16.6 Å². The molecule has 0 aliphatic carbocycles. The molecule has 0 spiro atoms. The number of amides is 1. The smallest absolute Gasteiger partial charge is 0.224 e. The van der Waals surface area contributed by atoms with Crippen LogP contribution in [0.15, 0.2) is 73.4 Å². The number of imidazole rings is 1. The predicted octanol–water partition coefficient (Wildman–Crippen LogP) is 3.92. The Morgan fingerprint density at radius 3 is 2.76 bits per heavy atom. The molecular formula is C20H18N4O. The van der Waals surface area contributed by atoms with Crippen molar-refractivity contribution in [2.75, 3.05) is 5.32 Å². The average Bonchev–Trinajstić information content (AvgIpc) is 3.31. The van der Waals surface area contributed by atoms with Gasteiger partial charge in [0.05, 0.1) is 6.33 Å². The standard InChI is InChI=1S/C20H18N4O/c25-20(10-5-15-13-22-19-4-2-1-3-18(15)19)23-16-6-8-17(9-7-16)24-12-11-21-14-24/h1-4,6-9,11-14,22H,5,10H2,(H,23,25). The van der Waals surface area contributed by atoms with Gasteiger partial charge in [0, 0.05) is 47.3 Å². The summed E-state index contributed by atoms with van der Waals surface area (Å²) < 4.78 is 1.92. The van der Waals surface area contributed by atoms with E-state index in [9.17, 15) is 4.79 Å². The molecule has 0 saturated heterocycles. The molecule has 0 unspecified atom stereocenters. The normalized spacial score (nSPS) is 10.9. The van der Waals surface area contributed by atoms with E-state index in [1.54, 1.807) is 12.5 Å². The fraction of sp³-hybridized carbons (Fsp3) is 0.100. The lowest BCUT2D eigenvalue weighted by Gasteiger charge is -2.07. The Morgan fingerprint density at radius 1 is 1.12 bits per heavy atom. The number of hydrogen-bond donors (Lipinski definition) is 2. The summed E-state index contributed by atoms with van der Waals surface area (Å²) in [6.45, 7) is 0. The quantitative estimate of drug-likeness (QED) is 0.582. The molecular weight excluding hydrogens is 312 g/mol. The van der Waals surface area contributed by atoms with Gasteiger partial charge in [-0.05, 0) is 42.3 Å². The number of nitrogens with one attached hydrogen (secondary N) is 2. The molecule has 0 saturated carbocycles. The molecule has 25 heavy (non-hydrogen) atoms. The number of aromatic amines is 1. The molecule has 4 aromatic rings. The molecule has 5 heteroatoms. The Labute approximate surface area is 145 Å². The van der Waals surface area contributed by atoms with E-state index in [-0.39, 0.29) is 5.91 Å². The fourth-order valence-corrected chi connectivity index (χ4v) is 2.94. The Morgan fingerprint density at radius 2 is 1.96 bits per heavy atom. The molecule has 124 valence electrons.